The van der Waals surface area contributed by atoms with Crippen LogP contribution in [0.4, 0.5) is 0 Å². The molecule has 1 N–H and O–H groups in total. The first-order chi connectivity index (χ1) is 8.95. The van der Waals surface area contributed by atoms with Gasteiger partial charge in [0.05, 0.1) is 13.2 Å². The minimum Gasteiger partial charge on any atom is -0.379 e. The SMILES string of the molecule is C1CCN(CCCN[N]CCN2CCOCC2)C1. The summed E-state index contributed by atoms with van der Waals surface area (Å²) in [6.45, 7) is 10.7. The molecule has 2 aliphatic rings. The largest absolute Gasteiger partial charge is 0.379 e. The third-order valence-electron chi connectivity index (χ3n) is 3.71. The topological polar surface area (TPSA) is 41.8 Å². The lowest BCUT2D eigenvalue weighted by atomic mass is 10.4. The number of likely N-dealkylation sites (tertiary alicyclic amines) is 1. The Morgan fingerprint density at radius 3 is 2.44 bits per heavy atom. The Morgan fingerprint density at radius 1 is 0.944 bits per heavy atom. The van der Waals surface area contributed by atoms with E-state index >= 15 is 0 Å². The molecule has 0 amide bonds. The van der Waals surface area contributed by atoms with E-state index in [0.29, 0.717) is 0 Å². The van der Waals surface area contributed by atoms with Gasteiger partial charge in [0, 0.05) is 32.7 Å². The van der Waals surface area contributed by atoms with Crippen molar-refractivity contribution in [3.63, 3.8) is 0 Å². The maximum atomic E-state index is 5.32. The quantitative estimate of drug-likeness (QED) is 0.486. The van der Waals surface area contributed by atoms with E-state index in [2.05, 4.69) is 20.7 Å². The predicted molar refractivity (Wildman–Crippen MR) is 72.6 cm³/mol. The van der Waals surface area contributed by atoms with Gasteiger partial charge < -0.3 is 9.64 Å². The molecule has 2 rings (SSSR count). The van der Waals surface area contributed by atoms with E-state index in [9.17, 15) is 0 Å². The summed E-state index contributed by atoms with van der Waals surface area (Å²) in [5.41, 5.74) is 7.57. The molecule has 2 heterocycles. The molecule has 2 saturated heterocycles. The van der Waals surface area contributed by atoms with Crippen LogP contribution < -0.4 is 10.9 Å². The van der Waals surface area contributed by atoms with Crippen molar-refractivity contribution in [1.82, 2.24) is 20.7 Å². The second-order valence-corrected chi connectivity index (χ2v) is 5.15. The van der Waals surface area contributed by atoms with Crippen molar-refractivity contribution in [3.05, 3.63) is 0 Å². The predicted octanol–water partition coefficient (Wildman–Crippen LogP) is -0.0865. The number of morpholine rings is 1. The average Bonchev–Trinajstić information content (AvgIpc) is 2.92. The number of hydrogen-bond donors (Lipinski definition) is 1. The van der Waals surface area contributed by atoms with Crippen LogP contribution in [0.25, 0.3) is 0 Å². The minimum atomic E-state index is 0.878. The fraction of sp³-hybridized carbons (Fsp3) is 1.00. The van der Waals surface area contributed by atoms with Gasteiger partial charge in [0.1, 0.15) is 0 Å². The standard InChI is InChI=1S/C13H27N4O/c1-2-7-16(6-1)8-3-4-14-15-5-9-17-10-12-18-13-11-17/h14H,1-13H2. The van der Waals surface area contributed by atoms with Crippen molar-refractivity contribution in [3.8, 4) is 0 Å². The van der Waals surface area contributed by atoms with Crippen LogP contribution in [0, 0.1) is 0 Å². The Hall–Kier alpha value is -0.200. The van der Waals surface area contributed by atoms with E-state index in [1.54, 1.807) is 0 Å². The molecule has 2 aliphatic heterocycles. The molecule has 5 heteroatoms. The first-order valence-electron chi connectivity index (χ1n) is 7.37. The third-order valence-corrected chi connectivity index (χ3v) is 3.71. The highest BCUT2D eigenvalue weighted by molar-refractivity contribution is 4.66. The second-order valence-electron chi connectivity index (χ2n) is 5.15. The van der Waals surface area contributed by atoms with Crippen molar-refractivity contribution in [2.45, 2.75) is 19.3 Å². The molecule has 2 fully saturated rings. The zero-order valence-electron chi connectivity index (χ0n) is 11.4. The van der Waals surface area contributed by atoms with Gasteiger partial charge in [-0.05, 0) is 38.9 Å². The highest BCUT2D eigenvalue weighted by Crippen LogP contribution is 2.06. The highest BCUT2D eigenvalue weighted by Gasteiger charge is 2.10. The molecule has 0 saturated carbocycles. The lowest BCUT2D eigenvalue weighted by molar-refractivity contribution is 0.0379. The van der Waals surface area contributed by atoms with Gasteiger partial charge in [-0.15, -0.1) is 0 Å². The number of nitrogens with zero attached hydrogens (tertiary/aromatic N) is 3. The van der Waals surface area contributed by atoms with Crippen LogP contribution in [0.15, 0.2) is 0 Å². The smallest absolute Gasteiger partial charge is 0.0594 e. The van der Waals surface area contributed by atoms with Crippen LogP contribution in [0.1, 0.15) is 19.3 Å². The number of rotatable bonds is 8. The lowest BCUT2D eigenvalue weighted by Crippen LogP contribution is -2.41. The molecule has 0 aromatic rings. The molecule has 105 valence electrons. The van der Waals surface area contributed by atoms with Crippen LogP contribution in [0.3, 0.4) is 0 Å². The molecule has 0 unspecified atom stereocenters. The van der Waals surface area contributed by atoms with E-state index < -0.39 is 0 Å². The molecule has 0 atom stereocenters. The van der Waals surface area contributed by atoms with Gasteiger partial charge in [-0.25, -0.2) is 5.43 Å². The monoisotopic (exact) mass is 255 g/mol. The van der Waals surface area contributed by atoms with Crippen molar-refractivity contribution >= 4 is 0 Å². The van der Waals surface area contributed by atoms with Crippen LogP contribution in [-0.2, 0) is 4.74 Å². The summed E-state index contributed by atoms with van der Waals surface area (Å²) >= 11 is 0. The summed E-state index contributed by atoms with van der Waals surface area (Å²) in [4.78, 5) is 4.97. The zero-order chi connectivity index (χ0) is 12.5. The summed E-state index contributed by atoms with van der Waals surface area (Å²) in [5, 5.41) is 0. The fourth-order valence-electron chi connectivity index (χ4n) is 2.56. The summed E-state index contributed by atoms with van der Waals surface area (Å²) in [7, 11) is 0. The van der Waals surface area contributed by atoms with Crippen molar-refractivity contribution in [1.29, 1.82) is 0 Å². The third kappa shape index (κ3) is 5.63. The van der Waals surface area contributed by atoms with Gasteiger partial charge >= 0.3 is 0 Å². The molecule has 0 spiro atoms. The van der Waals surface area contributed by atoms with E-state index in [4.69, 9.17) is 4.74 Å². The number of hydrogen-bond acceptors (Lipinski definition) is 4. The maximum Gasteiger partial charge on any atom is 0.0594 e. The lowest BCUT2D eigenvalue weighted by Gasteiger charge is -2.26. The second kappa shape index (κ2) is 8.82. The van der Waals surface area contributed by atoms with Gasteiger partial charge in [-0.2, -0.15) is 5.43 Å². The van der Waals surface area contributed by atoms with Gasteiger partial charge in [0.25, 0.3) is 0 Å². The van der Waals surface area contributed by atoms with E-state index in [0.717, 1.165) is 45.9 Å². The van der Waals surface area contributed by atoms with Gasteiger partial charge in [0.2, 0.25) is 0 Å². The Bertz CT molecular complexity index is 203. The van der Waals surface area contributed by atoms with E-state index in [1.807, 2.05) is 0 Å². The fourth-order valence-corrected chi connectivity index (χ4v) is 2.56. The van der Waals surface area contributed by atoms with Crippen molar-refractivity contribution in [2.24, 2.45) is 0 Å². The molecular weight excluding hydrogens is 228 g/mol. The van der Waals surface area contributed by atoms with E-state index in [1.165, 1.54) is 38.9 Å². The van der Waals surface area contributed by atoms with Gasteiger partial charge in [-0.1, -0.05) is 0 Å². The summed E-state index contributed by atoms with van der Waals surface area (Å²) in [6.07, 6.45) is 3.98. The minimum absolute atomic E-state index is 0.878. The Kier molecular flexibility index (Phi) is 6.97. The molecule has 0 aromatic carbocycles. The van der Waals surface area contributed by atoms with Crippen LogP contribution in [0.5, 0.6) is 0 Å². The van der Waals surface area contributed by atoms with Crippen LogP contribution >= 0.6 is 0 Å². The molecule has 0 aliphatic carbocycles. The summed E-state index contributed by atoms with van der Waals surface area (Å²) < 4.78 is 5.32. The molecule has 0 bridgehead atoms. The van der Waals surface area contributed by atoms with Crippen LogP contribution in [0.2, 0.25) is 0 Å². The first kappa shape index (κ1) is 14.2. The van der Waals surface area contributed by atoms with Gasteiger partial charge in [0.15, 0.2) is 0 Å². The molecular formula is C13H27N4O. The summed E-state index contributed by atoms with van der Waals surface area (Å²) in [5.74, 6) is 0. The highest BCUT2D eigenvalue weighted by atomic mass is 16.5. The Balaban J connectivity index is 1.35. The Labute approximate surface area is 111 Å². The molecule has 5 nitrogen and oxygen atoms in total. The number of nitrogens with one attached hydrogen (secondary N) is 1. The Morgan fingerprint density at radius 2 is 1.67 bits per heavy atom. The van der Waals surface area contributed by atoms with E-state index in [-0.39, 0.29) is 0 Å². The van der Waals surface area contributed by atoms with Crippen molar-refractivity contribution < 1.29 is 4.74 Å². The number of ether oxygens (including phenoxy) is 1. The van der Waals surface area contributed by atoms with Gasteiger partial charge in [-0.3, -0.25) is 4.90 Å². The van der Waals surface area contributed by atoms with Crippen molar-refractivity contribution in [2.75, 3.05) is 65.6 Å². The molecule has 0 aromatic heterocycles. The first-order valence-corrected chi connectivity index (χ1v) is 7.37. The van der Waals surface area contributed by atoms with Crippen LogP contribution in [-0.4, -0.2) is 75.4 Å². The molecule has 18 heavy (non-hydrogen) atoms. The zero-order valence-corrected chi connectivity index (χ0v) is 11.4. The normalized spacial score (nSPS) is 22.7. The summed E-state index contributed by atoms with van der Waals surface area (Å²) in [6, 6.07) is 0. The maximum absolute atomic E-state index is 5.32. The average molecular weight is 255 g/mol. The molecule has 1 radical (unpaired) electrons.